The first-order valence-electron chi connectivity index (χ1n) is 8.31. The second-order valence-corrected chi connectivity index (χ2v) is 6.06. The molecule has 1 aliphatic heterocycles. The van der Waals surface area contributed by atoms with Crippen molar-refractivity contribution >= 4 is 11.8 Å². The lowest BCUT2D eigenvalue weighted by atomic mass is 10.0. The summed E-state index contributed by atoms with van der Waals surface area (Å²) in [5.74, 6) is 0.0108. The van der Waals surface area contributed by atoms with Gasteiger partial charge in [-0.25, -0.2) is 0 Å². The number of carbonyl (C=O) groups is 2. The Kier molecular flexibility index (Phi) is 6.52. The molecule has 0 atom stereocenters. The van der Waals surface area contributed by atoms with Crippen molar-refractivity contribution in [2.45, 2.75) is 39.2 Å². The van der Waals surface area contributed by atoms with Crippen molar-refractivity contribution in [2.24, 2.45) is 0 Å². The molecule has 0 unspecified atom stereocenters. The summed E-state index contributed by atoms with van der Waals surface area (Å²) in [6.07, 6.45) is 4.30. The minimum Gasteiger partial charge on any atom is -0.355 e. The van der Waals surface area contributed by atoms with E-state index >= 15 is 0 Å². The lowest BCUT2D eigenvalue weighted by Crippen LogP contribution is -2.47. The van der Waals surface area contributed by atoms with E-state index in [0.717, 1.165) is 44.6 Å². The minimum absolute atomic E-state index is 0.0726. The Morgan fingerprint density at radius 1 is 1.30 bits per heavy atom. The summed E-state index contributed by atoms with van der Waals surface area (Å²) in [6, 6.07) is 3.80. The molecule has 0 bridgehead atoms. The zero-order valence-corrected chi connectivity index (χ0v) is 14.0. The Morgan fingerprint density at radius 3 is 2.65 bits per heavy atom. The van der Waals surface area contributed by atoms with Gasteiger partial charge < -0.3 is 10.6 Å². The number of likely N-dealkylation sites (tertiary alicyclic amines) is 1. The number of carbonyl (C=O) groups excluding carboxylic acids is 2. The lowest BCUT2D eigenvalue weighted by Gasteiger charge is -2.31. The number of amides is 2. The number of pyridine rings is 1. The Labute approximate surface area is 137 Å². The quantitative estimate of drug-likeness (QED) is 0.824. The highest BCUT2D eigenvalue weighted by Gasteiger charge is 2.22. The van der Waals surface area contributed by atoms with Gasteiger partial charge in [-0.3, -0.25) is 19.5 Å². The molecule has 2 heterocycles. The molecule has 1 aliphatic rings. The van der Waals surface area contributed by atoms with E-state index in [9.17, 15) is 9.59 Å². The number of hydrogen-bond donors (Lipinski definition) is 2. The molecule has 0 spiro atoms. The zero-order chi connectivity index (χ0) is 16.7. The molecular formula is C17H26N4O2. The first-order chi connectivity index (χ1) is 11.1. The van der Waals surface area contributed by atoms with Crippen LogP contribution >= 0.6 is 0 Å². The molecule has 1 saturated heterocycles. The van der Waals surface area contributed by atoms with E-state index in [0.29, 0.717) is 12.1 Å². The molecule has 2 amide bonds. The van der Waals surface area contributed by atoms with Gasteiger partial charge in [-0.2, -0.15) is 0 Å². The molecular weight excluding hydrogens is 292 g/mol. The number of hydrogen-bond acceptors (Lipinski definition) is 4. The van der Waals surface area contributed by atoms with Crippen molar-refractivity contribution in [3.8, 4) is 0 Å². The molecule has 126 valence electrons. The van der Waals surface area contributed by atoms with Crippen LogP contribution < -0.4 is 10.6 Å². The van der Waals surface area contributed by atoms with Crippen LogP contribution in [0.1, 0.15) is 42.2 Å². The average Bonchev–Trinajstić information content (AvgIpc) is 2.55. The van der Waals surface area contributed by atoms with E-state index in [1.807, 2.05) is 19.9 Å². The molecule has 1 aromatic heterocycles. The van der Waals surface area contributed by atoms with Crippen LogP contribution in [0.15, 0.2) is 18.3 Å². The summed E-state index contributed by atoms with van der Waals surface area (Å²) in [7, 11) is 0. The smallest absolute Gasteiger partial charge is 0.253 e. The molecule has 6 nitrogen and oxygen atoms in total. The summed E-state index contributed by atoms with van der Waals surface area (Å²) in [5.41, 5.74) is 1.49. The highest BCUT2D eigenvalue weighted by molar-refractivity contribution is 5.94. The Hall–Kier alpha value is -1.95. The maximum Gasteiger partial charge on any atom is 0.253 e. The third kappa shape index (κ3) is 5.63. The molecule has 2 rings (SSSR count). The molecule has 0 aliphatic carbocycles. The van der Waals surface area contributed by atoms with Crippen LogP contribution in [0.4, 0.5) is 0 Å². The van der Waals surface area contributed by atoms with E-state index in [1.165, 1.54) is 0 Å². The summed E-state index contributed by atoms with van der Waals surface area (Å²) < 4.78 is 0. The highest BCUT2D eigenvalue weighted by Crippen LogP contribution is 2.11. The SMILES string of the molecule is CCCNC(=O)CN1CCC(NC(=O)c2ccc(C)nc2)CC1. The number of aryl methyl sites for hydroxylation is 1. The van der Waals surface area contributed by atoms with E-state index in [4.69, 9.17) is 0 Å². The normalized spacial score (nSPS) is 16.1. The van der Waals surface area contributed by atoms with Gasteiger partial charge in [-0.1, -0.05) is 6.92 Å². The van der Waals surface area contributed by atoms with E-state index in [-0.39, 0.29) is 17.9 Å². The fourth-order valence-corrected chi connectivity index (χ4v) is 2.63. The van der Waals surface area contributed by atoms with Gasteiger partial charge in [0.1, 0.15) is 0 Å². The summed E-state index contributed by atoms with van der Waals surface area (Å²) in [4.78, 5) is 30.2. The van der Waals surface area contributed by atoms with Gasteiger partial charge in [0.05, 0.1) is 12.1 Å². The lowest BCUT2D eigenvalue weighted by molar-refractivity contribution is -0.122. The maximum atomic E-state index is 12.2. The van der Waals surface area contributed by atoms with Gasteiger partial charge in [-0.15, -0.1) is 0 Å². The van der Waals surface area contributed by atoms with Crippen molar-refractivity contribution < 1.29 is 9.59 Å². The number of nitrogens with one attached hydrogen (secondary N) is 2. The Morgan fingerprint density at radius 2 is 2.04 bits per heavy atom. The van der Waals surface area contributed by atoms with Crippen LogP contribution in [-0.2, 0) is 4.79 Å². The first kappa shape index (κ1) is 17.4. The molecule has 1 aromatic rings. The molecule has 0 radical (unpaired) electrons. The van der Waals surface area contributed by atoms with Crippen LogP contribution in [0.5, 0.6) is 0 Å². The maximum absolute atomic E-state index is 12.2. The third-order valence-corrected chi connectivity index (χ3v) is 4.04. The molecule has 6 heteroatoms. The van der Waals surface area contributed by atoms with Gasteiger partial charge in [0.15, 0.2) is 0 Å². The molecule has 0 saturated carbocycles. The largest absolute Gasteiger partial charge is 0.355 e. The van der Waals surface area contributed by atoms with Crippen molar-refractivity contribution in [2.75, 3.05) is 26.2 Å². The molecule has 2 N–H and O–H groups in total. The van der Waals surface area contributed by atoms with E-state index in [2.05, 4.69) is 20.5 Å². The number of rotatable bonds is 6. The third-order valence-electron chi connectivity index (χ3n) is 4.04. The summed E-state index contributed by atoms with van der Waals surface area (Å²) in [6.45, 7) is 6.78. The standard InChI is InChI=1S/C17H26N4O2/c1-3-8-18-16(22)12-21-9-6-15(7-10-21)20-17(23)14-5-4-13(2)19-11-14/h4-5,11,15H,3,6-10,12H2,1-2H3,(H,18,22)(H,20,23). The fourth-order valence-electron chi connectivity index (χ4n) is 2.63. The van der Waals surface area contributed by atoms with Gasteiger partial charge in [0.2, 0.25) is 5.91 Å². The number of piperidine rings is 1. The minimum atomic E-state index is -0.0726. The molecule has 23 heavy (non-hydrogen) atoms. The second-order valence-electron chi connectivity index (χ2n) is 6.06. The van der Waals surface area contributed by atoms with Crippen molar-refractivity contribution in [3.63, 3.8) is 0 Å². The van der Waals surface area contributed by atoms with Gasteiger partial charge in [0.25, 0.3) is 5.91 Å². The predicted molar refractivity (Wildman–Crippen MR) is 89.2 cm³/mol. The van der Waals surface area contributed by atoms with E-state index in [1.54, 1.807) is 12.3 Å². The summed E-state index contributed by atoms with van der Waals surface area (Å²) in [5, 5.41) is 5.95. The van der Waals surface area contributed by atoms with Gasteiger partial charge in [-0.05, 0) is 38.3 Å². The van der Waals surface area contributed by atoms with Crippen molar-refractivity contribution in [3.05, 3.63) is 29.6 Å². The van der Waals surface area contributed by atoms with Crippen LogP contribution in [0.3, 0.4) is 0 Å². The van der Waals surface area contributed by atoms with Crippen LogP contribution in [0.25, 0.3) is 0 Å². The Bertz CT molecular complexity index is 522. The van der Waals surface area contributed by atoms with Crippen molar-refractivity contribution in [1.82, 2.24) is 20.5 Å². The predicted octanol–water partition coefficient (Wildman–Crippen LogP) is 1.11. The van der Waals surface area contributed by atoms with Crippen LogP contribution in [0.2, 0.25) is 0 Å². The van der Waals surface area contributed by atoms with Crippen LogP contribution in [0, 0.1) is 6.92 Å². The highest BCUT2D eigenvalue weighted by atomic mass is 16.2. The van der Waals surface area contributed by atoms with Gasteiger partial charge in [0, 0.05) is 37.6 Å². The number of nitrogens with zero attached hydrogens (tertiary/aromatic N) is 2. The van der Waals surface area contributed by atoms with E-state index < -0.39 is 0 Å². The van der Waals surface area contributed by atoms with Crippen LogP contribution in [-0.4, -0.2) is 53.9 Å². The topological polar surface area (TPSA) is 74.3 Å². The zero-order valence-electron chi connectivity index (χ0n) is 14.0. The second kappa shape index (κ2) is 8.62. The average molecular weight is 318 g/mol. The first-order valence-corrected chi connectivity index (χ1v) is 8.31. The number of aromatic nitrogens is 1. The summed E-state index contributed by atoms with van der Waals surface area (Å²) >= 11 is 0. The fraction of sp³-hybridized carbons (Fsp3) is 0.588. The molecule has 1 fully saturated rings. The van der Waals surface area contributed by atoms with Gasteiger partial charge >= 0.3 is 0 Å². The monoisotopic (exact) mass is 318 g/mol. The molecule has 0 aromatic carbocycles. The van der Waals surface area contributed by atoms with Crippen molar-refractivity contribution in [1.29, 1.82) is 0 Å². The Balaban J connectivity index is 1.73.